The molecule has 1 aromatic heterocycles. The Morgan fingerprint density at radius 2 is 1.86 bits per heavy atom. The van der Waals surface area contributed by atoms with E-state index in [0.29, 0.717) is 15.1 Å². The summed E-state index contributed by atoms with van der Waals surface area (Å²) in [5.41, 5.74) is 2.74. The van der Waals surface area contributed by atoms with Crippen LogP contribution in [-0.4, -0.2) is 24.3 Å². The minimum Gasteiger partial charge on any atom is -0.374 e. The van der Waals surface area contributed by atoms with Crippen LogP contribution in [0.5, 0.6) is 0 Å². The molecule has 1 aliphatic rings. The second-order valence-corrected chi connectivity index (χ2v) is 9.05. The summed E-state index contributed by atoms with van der Waals surface area (Å²) in [6, 6.07) is 8.85. The SMILES string of the molecule is Cc1ccc(S(=O)(=O)n2c(I)cc3c2CN(C)C=C3Br)cc1. The highest BCUT2D eigenvalue weighted by Crippen LogP contribution is 2.35. The Labute approximate surface area is 152 Å². The van der Waals surface area contributed by atoms with Crippen LogP contribution in [0.15, 0.2) is 41.4 Å². The summed E-state index contributed by atoms with van der Waals surface area (Å²) in [5, 5.41) is 0. The van der Waals surface area contributed by atoms with E-state index in [0.717, 1.165) is 21.3 Å². The molecule has 0 bridgehead atoms. The number of benzene rings is 1. The monoisotopic (exact) mass is 492 g/mol. The first-order valence-corrected chi connectivity index (χ1v) is 9.92. The van der Waals surface area contributed by atoms with E-state index in [-0.39, 0.29) is 0 Å². The number of nitrogens with zero attached hydrogens (tertiary/aromatic N) is 2. The Balaban J connectivity index is 2.21. The topological polar surface area (TPSA) is 42.3 Å². The largest absolute Gasteiger partial charge is 0.374 e. The molecule has 4 nitrogen and oxygen atoms in total. The van der Waals surface area contributed by atoms with Crippen molar-refractivity contribution < 1.29 is 8.42 Å². The summed E-state index contributed by atoms with van der Waals surface area (Å²) in [4.78, 5) is 2.27. The van der Waals surface area contributed by atoms with Gasteiger partial charge >= 0.3 is 0 Å². The van der Waals surface area contributed by atoms with E-state index in [4.69, 9.17) is 0 Å². The first kappa shape index (κ1) is 16.1. The third-order valence-electron chi connectivity index (χ3n) is 3.56. The molecular weight excluding hydrogens is 479 g/mol. The minimum atomic E-state index is -3.60. The second kappa shape index (κ2) is 5.68. The van der Waals surface area contributed by atoms with Crippen molar-refractivity contribution in [2.45, 2.75) is 18.4 Å². The van der Waals surface area contributed by atoms with Gasteiger partial charge in [-0.2, -0.15) is 0 Å². The molecule has 116 valence electrons. The maximum Gasteiger partial charge on any atom is 0.268 e. The van der Waals surface area contributed by atoms with E-state index in [2.05, 4.69) is 38.5 Å². The van der Waals surface area contributed by atoms with Crippen LogP contribution < -0.4 is 0 Å². The molecule has 0 amide bonds. The number of halogens is 2. The second-order valence-electron chi connectivity index (χ2n) is 5.30. The van der Waals surface area contributed by atoms with Crippen molar-refractivity contribution in [1.29, 1.82) is 0 Å². The van der Waals surface area contributed by atoms with Gasteiger partial charge in [-0.15, -0.1) is 0 Å². The quantitative estimate of drug-likeness (QED) is 0.599. The molecule has 0 unspecified atom stereocenters. The van der Waals surface area contributed by atoms with E-state index in [9.17, 15) is 8.42 Å². The van der Waals surface area contributed by atoms with E-state index < -0.39 is 10.0 Å². The lowest BCUT2D eigenvalue weighted by Gasteiger charge is -2.23. The minimum absolute atomic E-state index is 0.308. The lowest BCUT2D eigenvalue weighted by Crippen LogP contribution is -2.23. The third kappa shape index (κ3) is 2.63. The van der Waals surface area contributed by atoms with Gasteiger partial charge < -0.3 is 4.90 Å². The Bertz CT molecular complexity index is 870. The molecule has 0 radical (unpaired) electrons. The van der Waals surface area contributed by atoms with Gasteiger partial charge in [-0.25, -0.2) is 12.4 Å². The highest BCUT2D eigenvalue weighted by molar-refractivity contribution is 14.1. The van der Waals surface area contributed by atoms with E-state index in [1.807, 2.05) is 43.3 Å². The summed E-state index contributed by atoms with van der Waals surface area (Å²) >= 11 is 5.59. The average molecular weight is 493 g/mol. The fraction of sp³-hybridized carbons (Fsp3) is 0.200. The zero-order valence-corrected chi connectivity index (χ0v) is 16.6. The molecule has 3 rings (SSSR count). The van der Waals surface area contributed by atoms with Crippen molar-refractivity contribution in [3.05, 3.63) is 57.1 Å². The fourth-order valence-corrected chi connectivity index (χ4v) is 5.97. The van der Waals surface area contributed by atoms with Gasteiger partial charge in [0.2, 0.25) is 0 Å². The Hall–Kier alpha value is -0.800. The normalized spacial score (nSPS) is 14.7. The van der Waals surface area contributed by atoms with Crippen LogP contribution in [0.3, 0.4) is 0 Å². The summed E-state index contributed by atoms with van der Waals surface area (Å²) in [6.45, 7) is 2.49. The molecule has 7 heteroatoms. The molecule has 0 N–H and O–H groups in total. The molecule has 0 fully saturated rings. The van der Waals surface area contributed by atoms with E-state index >= 15 is 0 Å². The van der Waals surface area contributed by atoms with Crippen molar-refractivity contribution in [3.63, 3.8) is 0 Å². The van der Waals surface area contributed by atoms with Gasteiger partial charge in [-0.3, -0.25) is 0 Å². The van der Waals surface area contributed by atoms with Crippen LogP contribution in [0, 0.1) is 10.6 Å². The highest BCUT2D eigenvalue weighted by Gasteiger charge is 2.28. The van der Waals surface area contributed by atoms with Crippen LogP contribution >= 0.6 is 38.5 Å². The number of aromatic nitrogens is 1. The zero-order chi connectivity index (χ0) is 16.1. The predicted octanol–water partition coefficient (Wildman–Crippen LogP) is 3.78. The van der Waals surface area contributed by atoms with Gasteiger partial charge in [0.05, 0.1) is 20.8 Å². The first-order chi connectivity index (χ1) is 10.3. The predicted molar refractivity (Wildman–Crippen MR) is 99.3 cm³/mol. The number of hydrogen-bond acceptors (Lipinski definition) is 3. The summed E-state index contributed by atoms with van der Waals surface area (Å²) < 4.78 is 29.1. The van der Waals surface area contributed by atoms with Crippen LogP contribution in [0.4, 0.5) is 0 Å². The van der Waals surface area contributed by atoms with Gasteiger partial charge in [0.15, 0.2) is 0 Å². The summed E-state index contributed by atoms with van der Waals surface area (Å²) in [7, 11) is -1.67. The number of aryl methyl sites for hydroxylation is 1. The molecule has 0 saturated carbocycles. The summed E-state index contributed by atoms with van der Waals surface area (Å²) in [6.07, 6.45) is 1.96. The van der Waals surface area contributed by atoms with Crippen molar-refractivity contribution in [2.75, 3.05) is 7.05 Å². The number of hydrogen-bond donors (Lipinski definition) is 0. The Morgan fingerprint density at radius 3 is 2.50 bits per heavy atom. The van der Waals surface area contributed by atoms with Crippen molar-refractivity contribution in [1.82, 2.24) is 8.87 Å². The Kier molecular flexibility index (Phi) is 4.15. The van der Waals surface area contributed by atoms with E-state index in [1.165, 1.54) is 3.97 Å². The smallest absolute Gasteiger partial charge is 0.268 e. The Morgan fingerprint density at radius 1 is 1.23 bits per heavy atom. The molecule has 1 aliphatic heterocycles. The number of rotatable bonds is 2. The van der Waals surface area contributed by atoms with Crippen LogP contribution in [0.2, 0.25) is 0 Å². The van der Waals surface area contributed by atoms with Crippen LogP contribution in [0.1, 0.15) is 16.8 Å². The van der Waals surface area contributed by atoms with Gasteiger partial charge in [0.1, 0.15) is 0 Å². The lowest BCUT2D eigenvalue weighted by atomic mass is 10.2. The molecular formula is C15H14BrIN2O2S. The summed E-state index contributed by atoms with van der Waals surface area (Å²) in [5.74, 6) is 0. The van der Waals surface area contributed by atoms with Crippen LogP contribution in [0.25, 0.3) is 4.48 Å². The molecule has 2 heterocycles. The standard InChI is InChI=1S/C15H14BrIN2O2S/c1-10-3-5-11(6-4-10)22(20,21)19-14-9-18(2)8-13(16)12(14)7-15(19)17/h3-8H,9H2,1-2H3. The van der Waals surface area contributed by atoms with Gasteiger partial charge in [-0.05, 0) is 63.6 Å². The molecule has 0 atom stereocenters. The fourth-order valence-electron chi connectivity index (χ4n) is 2.48. The molecule has 0 saturated heterocycles. The van der Waals surface area contributed by atoms with Gasteiger partial charge in [0.25, 0.3) is 10.0 Å². The van der Waals surface area contributed by atoms with Crippen molar-refractivity contribution in [2.24, 2.45) is 0 Å². The molecule has 22 heavy (non-hydrogen) atoms. The van der Waals surface area contributed by atoms with Crippen LogP contribution in [-0.2, 0) is 16.6 Å². The molecule has 2 aromatic rings. The van der Waals surface area contributed by atoms with Crippen molar-refractivity contribution in [3.8, 4) is 0 Å². The van der Waals surface area contributed by atoms with Crippen molar-refractivity contribution >= 4 is 53.0 Å². The third-order valence-corrected chi connectivity index (χ3v) is 7.08. The molecule has 0 aliphatic carbocycles. The lowest BCUT2D eigenvalue weighted by molar-refractivity contribution is 0.437. The van der Waals surface area contributed by atoms with E-state index in [1.54, 1.807) is 12.1 Å². The zero-order valence-electron chi connectivity index (χ0n) is 12.0. The molecule has 1 aromatic carbocycles. The average Bonchev–Trinajstić information content (AvgIpc) is 2.76. The molecule has 0 spiro atoms. The maximum absolute atomic E-state index is 13.0. The number of fused-ring (bicyclic) bond motifs is 1. The van der Waals surface area contributed by atoms with Gasteiger partial charge in [0, 0.05) is 23.3 Å². The van der Waals surface area contributed by atoms with Gasteiger partial charge in [-0.1, -0.05) is 17.7 Å². The maximum atomic E-state index is 13.0. The highest BCUT2D eigenvalue weighted by atomic mass is 127. The first-order valence-electron chi connectivity index (χ1n) is 6.61.